The fourth-order valence-corrected chi connectivity index (χ4v) is 2.03. The summed E-state index contributed by atoms with van der Waals surface area (Å²) in [6, 6.07) is 5.65. The van der Waals surface area contributed by atoms with E-state index in [1.54, 1.807) is 34.7 Å². The molecule has 5 heteroatoms. The van der Waals surface area contributed by atoms with E-state index >= 15 is 0 Å². The van der Waals surface area contributed by atoms with Crippen LogP contribution in [0.4, 0.5) is 5.69 Å². The maximum absolute atomic E-state index is 12.1. The summed E-state index contributed by atoms with van der Waals surface area (Å²) in [6.07, 6.45) is 3.59. The van der Waals surface area contributed by atoms with Crippen LogP contribution in [-0.4, -0.2) is 16.2 Å². The fraction of sp³-hybridized carbons (Fsp3) is 0.357. The zero-order chi connectivity index (χ0) is 14.0. The lowest BCUT2D eigenvalue weighted by Crippen LogP contribution is -2.25. The number of anilines is 1. The number of nitrogens with zero attached hydrogens (tertiary/aromatic N) is 2. The third-order valence-electron chi connectivity index (χ3n) is 3.01. The molecule has 0 saturated carbocycles. The first-order valence-electron chi connectivity index (χ1n) is 6.22. The maximum atomic E-state index is 12.1. The van der Waals surface area contributed by atoms with Crippen molar-refractivity contribution in [2.75, 3.05) is 12.8 Å². The highest BCUT2D eigenvalue weighted by molar-refractivity contribution is 5.47. The van der Waals surface area contributed by atoms with Gasteiger partial charge in [-0.25, -0.2) is 4.79 Å². The first kappa shape index (κ1) is 13.3. The Bertz CT molecular complexity index is 626. The van der Waals surface area contributed by atoms with E-state index in [0.29, 0.717) is 18.0 Å². The average molecular weight is 261 g/mol. The molecule has 0 unspecified atom stereocenters. The molecule has 0 spiro atoms. The smallest absolute Gasteiger partial charge is 0.328 e. The molecule has 0 amide bonds. The number of hydrogen-bond donors (Lipinski definition) is 1. The molecule has 102 valence electrons. The van der Waals surface area contributed by atoms with Gasteiger partial charge >= 0.3 is 5.69 Å². The first-order chi connectivity index (χ1) is 9.01. The summed E-state index contributed by atoms with van der Waals surface area (Å²) in [5.74, 6) is 0.700. The molecule has 0 bridgehead atoms. The van der Waals surface area contributed by atoms with Crippen molar-refractivity contribution in [2.24, 2.45) is 0 Å². The zero-order valence-corrected chi connectivity index (χ0v) is 11.5. The molecule has 19 heavy (non-hydrogen) atoms. The number of imidazole rings is 1. The van der Waals surface area contributed by atoms with Gasteiger partial charge in [0.2, 0.25) is 0 Å². The van der Waals surface area contributed by atoms with Crippen molar-refractivity contribution in [3.05, 3.63) is 46.6 Å². The van der Waals surface area contributed by atoms with Crippen molar-refractivity contribution in [2.45, 2.75) is 26.4 Å². The van der Waals surface area contributed by atoms with E-state index in [0.717, 1.165) is 5.56 Å². The number of benzene rings is 1. The minimum atomic E-state index is -0.0172. The summed E-state index contributed by atoms with van der Waals surface area (Å²) in [4.78, 5) is 12.1. The lowest BCUT2D eigenvalue weighted by atomic mass is 10.2. The Kier molecular flexibility index (Phi) is 3.64. The number of aromatic nitrogens is 2. The van der Waals surface area contributed by atoms with E-state index in [1.807, 2.05) is 26.0 Å². The molecule has 0 atom stereocenters. The van der Waals surface area contributed by atoms with Crippen LogP contribution < -0.4 is 16.2 Å². The van der Waals surface area contributed by atoms with Crippen molar-refractivity contribution in [1.82, 2.24) is 9.13 Å². The number of nitrogens with two attached hydrogens (primary N) is 1. The summed E-state index contributed by atoms with van der Waals surface area (Å²) < 4.78 is 8.53. The molecule has 1 aromatic heterocycles. The summed E-state index contributed by atoms with van der Waals surface area (Å²) in [5, 5.41) is 0. The molecule has 2 N–H and O–H groups in total. The fourth-order valence-electron chi connectivity index (χ4n) is 2.03. The molecule has 2 rings (SSSR count). The molecule has 5 nitrogen and oxygen atoms in total. The van der Waals surface area contributed by atoms with Gasteiger partial charge in [-0.1, -0.05) is 0 Å². The summed E-state index contributed by atoms with van der Waals surface area (Å²) in [6.45, 7) is 4.45. The topological polar surface area (TPSA) is 62.2 Å². The van der Waals surface area contributed by atoms with Gasteiger partial charge in [0.05, 0.1) is 13.7 Å². The number of rotatable bonds is 4. The molecule has 1 aromatic carbocycles. The highest BCUT2D eigenvalue weighted by Crippen LogP contribution is 2.19. The standard InChI is InChI=1S/C14H19N3O2/c1-10(2)17-5-4-16(14(17)18)9-11-6-12(15)8-13(7-11)19-3/h4-8,10H,9,15H2,1-3H3. The van der Waals surface area contributed by atoms with E-state index in [4.69, 9.17) is 10.5 Å². The summed E-state index contributed by atoms with van der Waals surface area (Å²) in [5.41, 5.74) is 7.37. The van der Waals surface area contributed by atoms with Gasteiger partial charge in [0.15, 0.2) is 0 Å². The zero-order valence-electron chi connectivity index (χ0n) is 11.5. The van der Waals surface area contributed by atoms with Gasteiger partial charge in [-0.15, -0.1) is 0 Å². The molecule has 0 aliphatic rings. The van der Waals surface area contributed by atoms with Gasteiger partial charge in [-0.3, -0.25) is 9.13 Å². The predicted molar refractivity (Wildman–Crippen MR) is 75.6 cm³/mol. The van der Waals surface area contributed by atoms with Gasteiger partial charge in [0, 0.05) is 30.2 Å². The Morgan fingerprint density at radius 3 is 2.58 bits per heavy atom. The molecule has 0 saturated heterocycles. The lowest BCUT2D eigenvalue weighted by Gasteiger charge is -2.08. The van der Waals surface area contributed by atoms with E-state index in [1.165, 1.54) is 0 Å². The van der Waals surface area contributed by atoms with Gasteiger partial charge in [-0.05, 0) is 31.5 Å². The summed E-state index contributed by atoms with van der Waals surface area (Å²) in [7, 11) is 1.60. The third kappa shape index (κ3) is 2.81. The Morgan fingerprint density at radius 2 is 2.00 bits per heavy atom. The predicted octanol–water partition coefficient (Wildman–Crippen LogP) is 1.87. The Labute approximate surface area is 112 Å². The van der Waals surface area contributed by atoms with Crippen LogP contribution in [0.3, 0.4) is 0 Å². The molecule has 2 aromatic rings. The van der Waals surface area contributed by atoms with Crippen LogP contribution in [0.1, 0.15) is 25.5 Å². The number of nitrogen functional groups attached to an aromatic ring is 1. The van der Waals surface area contributed by atoms with Crippen LogP contribution in [0.15, 0.2) is 35.4 Å². The van der Waals surface area contributed by atoms with Crippen molar-refractivity contribution < 1.29 is 4.74 Å². The first-order valence-corrected chi connectivity index (χ1v) is 6.22. The Morgan fingerprint density at radius 1 is 1.26 bits per heavy atom. The van der Waals surface area contributed by atoms with Crippen LogP contribution in [0, 0.1) is 0 Å². The number of methoxy groups -OCH3 is 1. The van der Waals surface area contributed by atoms with Crippen LogP contribution in [0.5, 0.6) is 5.75 Å². The second kappa shape index (κ2) is 5.22. The van der Waals surface area contributed by atoms with E-state index in [9.17, 15) is 4.79 Å². The minimum absolute atomic E-state index is 0.0172. The Balaban J connectivity index is 2.31. The molecule has 0 aliphatic heterocycles. The lowest BCUT2D eigenvalue weighted by molar-refractivity contribution is 0.414. The molecule has 0 radical (unpaired) electrons. The normalized spacial score (nSPS) is 10.9. The number of hydrogen-bond acceptors (Lipinski definition) is 3. The van der Waals surface area contributed by atoms with E-state index in [2.05, 4.69) is 0 Å². The van der Waals surface area contributed by atoms with Crippen molar-refractivity contribution in [1.29, 1.82) is 0 Å². The Hall–Kier alpha value is -2.17. The van der Waals surface area contributed by atoms with Crippen LogP contribution in [0.25, 0.3) is 0 Å². The van der Waals surface area contributed by atoms with E-state index < -0.39 is 0 Å². The maximum Gasteiger partial charge on any atom is 0.328 e. The molecule has 0 fully saturated rings. The summed E-state index contributed by atoms with van der Waals surface area (Å²) >= 11 is 0. The van der Waals surface area contributed by atoms with Crippen LogP contribution in [0.2, 0.25) is 0 Å². The largest absolute Gasteiger partial charge is 0.497 e. The van der Waals surface area contributed by atoms with Crippen molar-refractivity contribution in [3.63, 3.8) is 0 Å². The second-order valence-corrected chi connectivity index (χ2v) is 4.82. The number of ether oxygens (including phenoxy) is 1. The van der Waals surface area contributed by atoms with Crippen molar-refractivity contribution >= 4 is 5.69 Å². The van der Waals surface area contributed by atoms with Crippen LogP contribution in [-0.2, 0) is 6.54 Å². The van der Waals surface area contributed by atoms with E-state index in [-0.39, 0.29) is 11.7 Å². The van der Waals surface area contributed by atoms with Gasteiger partial charge in [-0.2, -0.15) is 0 Å². The van der Waals surface area contributed by atoms with Gasteiger partial charge in [0.1, 0.15) is 5.75 Å². The third-order valence-corrected chi connectivity index (χ3v) is 3.01. The molecule has 1 heterocycles. The minimum Gasteiger partial charge on any atom is -0.497 e. The van der Waals surface area contributed by atoms with Gasteiger partial charge < -0.3 is 10.5 Å². The SMILES string of the molecule is COc1cc(N)cc(Cn2ccn(C(C)C)c2=O)c1. The molecule has 0 aliphatic carbocycles. The quantitative estimate of drug-likeness (QED) is 0.855. The highest BCUT2D eigenvalue weighted by atomic mass is 16.5. The van der Waals surface area contributed by atoms with Gasteiger partial charge in [0.25, 0.3) is 0 Å². The second-order valence-electron chi connectivity index (χ2n) is 4.82. The molecular formula is C14H19N3O2. The monoisotopic (exact) mass is 261 g/mol. The van der Waals surface area contributed by atoms with Crippen LogP contribution >= 0.6 is 0 Å². The van der Waals surface area contributed by atoms with Crippen molar-refractivity contribution in [3.8, 4) is 5.75 Å². The molecular weight excluding hydrogens is 242 g/mol. The highest BCUT2D eigenvalue weighted by Gasteiger charge is 2.07. The average Bonchev–Trinajstić information content (AvgIpc) is 2.70.